The molecule has 0 unspecified atom stereocenters. The van der Waals surface area contributed by atoms with E-state index in [1.54, 1.807) is 0 Å². The summed E-state index contributed by atoms with van der Waals surface area (Å²) < 4.78 is 24.6. The van der Waals surface area contributed by atoms with Crippen LogP contribution in [0, 0.1) is 0 Å². The molecule has 1 heterocycles. The highest BCUT2D eigenvalue weighted by Crippen LogP contribution is 2.33. The fraction of sp³-hybridized carbons (Fsp3) is 0.286. The van der Waals surface area contributed by atoms with Crippen molar-refractivity contribution in [2.45, 2.75) is 11.8 Å². The molecule has 72 valence electrons. The predicted molar refractivity (Wildman–Crippen MR) is 47.9 cm³/mol. The largest absolute Gasteiger partial charge is 0.504 e. The average molecular weight is 253 g/mol. The van der Waals surface area contributed by atoms with Gasteiger partial charge in [-0.05, 0) is 0 Å². The number of hydrogen-bond acceptors (Lipinski definition) is 3. The monoisotopic (exact) mass is 252 g/mol. The van der Waals surface area contributed by atoms with Crippen molar-refractivity contribution >= 4 is 21.7 Å². The number of aromatic nitrogens is 1. The Balaban J connectivity index is 3.30. The fourth-order valence-corrected chi connectivity index (χ4v) is 1.49. The lowest BCUT2D eigenvalue weighted by Crippen LogP contribution is -1.99. The highest BCUT2D eigenvalue weighted by atomic mass is 79.9. The third kappa shape index (κ3) is 1.88. The lowest BCUT2D eigenvalue weighted by Gasteiger charge is -2.08. The molecule has 0 aliphatic heterocycles. The molecule has 0 saturated heterocycles. The molecule has 0 saturated carbocycles. The standard InChI is InChI=1S/C7H7BrF2N2O/c8-1-3-4(6(9)10)2-12-7(11)5(3)13/h2,6,13H,1H2,(H2,11,12). The highest BCUT2D eigenvalue weighted by Gasteiger charge is 2.17. The van der Waals surface area contributed by atoms with E-state index in [1.807, 2.05) is 0 Å². The Bertz CT molecular complexity index is 320. The molecule has 0 fully saturated rings. The number of aromatic hydroxyl groups is 1. The third-order valence-electron chi connectivity index (χ3n) is 1.59. The van der Waals surface area contributed by atoms with Crippen molar-refractivity contribution in [3.05, 3.63) is 17.3 Å². The molecule has 3 N–H and O–H groups in total. The molecule has 13 heavy (non-hydrogen) atoms. The Morgan fingerprint density at radius 3 is 2.69 bits per heavy atom. The van der Waals surface area contributed by atoms with Crippen LogP contribution >= 0.6 is 15.9 Å². The number of nitrogens with zero attached hydrogens (tertiary/aromatic N) is 1. The number of nitrogens with two attached hydrogens (primary N) is 1. The number of halogens is 3. The number of anilines is 1. The van der Waals surface area contributed by atoms with E-state index in [2.05, 4.69) is 20.9 Å². The predicted octanol–water partition coefficient (Wildman–Crippen LogP) is 2.20. The van der Waals surface area contributed by atoms with Gasteiger partial charge >= 0.3 is 0 Å². The maximum Gasteiger partial charge on any atom is 0.265 e. The molecule has 0 atom stereocenters. The van der Waals surface area contributed by atoms with Gasteiger partial charge < -0.3 is 10.8 Å². The van der Waals surface area contributed by atoms with E-state index in [1.165, 1.54) is 0 Å². The van der Waals surface area contributed by atoms with Gasteiger partial charge in [0.15, 0.2) is 11.6 Å². The topological polar surface area (TPSA) is 59.1 Å². The van der Waals surface area contributed by atoms with Gasteiger partial charge in [-0.15, -0.1) is 0 Å². The molecule has 0 bridgehead atoms. The van der Waals surface area contributed by atoms with Crippen LogP contribution in [0.1, 0.15) is 17.6 Å². The van der Waals surface area contributed by atoms with Crippen molar-refractivity contribution in [1.29, 1.82) is 0 Å². The molecular weight excluding hydrogens is 246 g/mol. The van der Waals surface area contributed by atoms with Gasteiger partial charge in [0.05, 0.1) is 0 Å². The molecule has 6 heteroatoms. The van der Waals surface area contributed by atoms with E-state index < -0.39 is 6.43 Å². The second-order valence-electron chi connectivity index (χ2n) is 2.36. The maximum absolute atomic E-state index is 12.3. The van der Waals surface area contributed by atoms with Gasteiger partial charge in [0, 0.05) is 22.7 Å². The van der Waals surface area contributed by atoms with Crippen LogP contribution in [0.4, 0.5) is 14.6 Å². The van der Waals surface area contributed by atoms with Gasteiger partial charge in [-0.3, -0.25) is 0 Å². The van der Waals surface area contributed by atoms with Gasteiger partial charge in [-0.1, -0.05) is 15.9 Å². The molecule has 1 aromatic rings. The molecule has 0 radical (unpaired) electrons. The van der Waals surface area contributed by atoms with Crippen LogP contribution in [0.3, 0.4) is 0 Å². The lowest BCUT2D eigenvalue weighted by atomic mass is 10.1. The van der Waals surface area contributed by atoms with Crippen LogP contribution in [0.2, 0.25) is 0 Å². The first kappa shape index (κ1) is 10.2. The summed E-state index contributed by atoms with van der Waals surface area (Å²) in [6.07, 6.45) is -1.69. The van der Waals surface area contributed by atoms with Gasteiger partial charge in [-0.25, -0.2) is 13.8 Å². The SMILES string of the molecule is Nc1ncc(C(F)F)c(CBr)c1O. The minimum absolute atomic E-state index is 0.0856. The molecule has 1 aromatic heterocycles. The lowest BCUT2D eigenvalue weighted by molar-refractivity contribution is 0.149. The van der Waals surface area contributed by atoms with E-state index in [-0.39, 0.29) is 28.0 Å². The van der Waals surface area contributed by atoms with Gasteiger partial charge in [0.2, 0.25) is 0 Å². The van der Waals surface area contributed by atoms with Crippen LogP contribution in [-0.4, -0.2) is 10.1 Å². The summed E-state index contributed by atoms with van der Waals surface area (Å²) in [6, 6.07) is 0. The Morgan fingerprint density at radius 1 is 1.62 bits per heavy atom. The number of pyridine rings is 1. The molecule has 0 spiro atoms. The Kier molecular flexibility index (Phi) is 3.02. The van der Waals surface area contributed by atoms with Crippen molar-refractivity contribution in [1.82, 2.24) is 4.98 Å². The van der Waals surface area contributed by atoms with Gasteiger partial charge in [-0.2, -0.15) is 0 Å². The van der Waals surface area contributed by atoms with Crippen molar-refractivity contribution in [3.8, 4) is 5.75 Å². The molecule has 0 aromatic carbocycles. The molecule has 3 nitrogen and oxygen atoms in total. The zero-order chi connectivity index (χ0) is 10.0. The summed E-state index contributed by atoms with van der Waals surface area (Å²) >= 11 is 2.98. The summed E-state index contributed by atoms with van der Waals surface area (Å²) in [5.74, 6) is -0.520. The van der Waals surface area contributed by atoms with E-state index >= 15 is 0 Å². The van der Waals surface area contributed by atoms with Crippen molar-refractivity contribution < 1.29 is 13.9 Å². The van der Waals surface area contributed by atoms with Crippen LogP contribution in [0.5, 0.6) is 5.75 Å². The first-order valence-electron chi connectivity index (χ1n) is 3.38. The molecule has 1 rings (SSSR count). The fourth-order valence-electron chi connectivity index (χ4n) is 0.898. The Labute approximate surface area is 81.7 Å². The van der Waals surface area contributed by atoms with Crippen molar-refractivity contribution in [3.63, 3.8) is 0 Å². The number of nitrogen functional groups attached to an aromatic ring is 1. The minimum Gasteiger partial charge on any atom is -0.504 e. The van der Waals surface area contributed by atoms with Crippen LogP contribution in [0.25, 0.3) is 0 Å². The summed E-state index contributed by atoms with van der Waals surface area (Å²) in [4.78, 5) is 3.44. The van der Waals surface area contributed by atoms with E-state index in [9.17, 15) is 13.9 Å². The zero-order valence-corrected chi connectivity index (χ0v) is 8.05. The molecule has 0 amide bonds. The Hall–Kier alpha value is -0.910. The normalized spacial score (nSPS) is 10.8. The molecule has 0 aliphatic rings. The molecular formula is C7H7BrF2N2O. The second-order valence-corrected chi connectivity index (χ2v) is 2.92. The van der Waals surface area contributed by atoms with Crippen LogP contribution in [-0.2, 0) is 5.33 Å². The summed E-state index contributed by atoms with van der Waals surface area (Å²) in [5, 5.41) is 9.39. The van der Waals surface area contributed by atoms with Crippen LogP contribution in [0.15, 0.2) is 6.20 Å². The second kappa shape index (κ2) is 3.87. The van der Waals surface area contributed by atoms with Crippen LogP contribution < -0.4 is 5.73 Å². The number of hydrogen-bond donors (Lipinski definition) is 2. The van der Waals surface area contributed by atoms with Gasteiger partial charge in [0.25, 0.3) is 6.43 Å². The summed E-state index contributed by atoms with van der Waals surface area (Å²) in [5.41, 5.74) is 5.02. The first-order chi connectivity index (χ1) is 6.07. The number of rotatable bonds is 2. The summed E-state index contributed by atoms with van der Waals surface area (Å²) in [7, 11) is 0. The third-order valence-corrected chi connectivity index (χ3v) is 2.15. The first-order valence-corrected chi connectivity index (χ1v) is 4.50. The zero-order valence-electron chi connectivity index (χ0n) is 6.47. The highest BCUT2D eigenvalue weighted by molar-refractivity contribution is 9.08. The smallest absolute Gasteiger partial charge is 0.265 e. The Morgan fingerprint density at radius 2 is 2.23 bits per heavy atom. The van der Waals surface area contributed by atoms with Crippen molar-refractivity contribution in [2.75, 3.05) is 5.73 Å². The quantitative estimate of drug-likeness (QED) is 0.794. The minimum atomic E-state index is -2.66. The van der Waals surface area contributed by atoms with Gasteiger partial charge in [0.1, 0.15) is 0 Å². The van der Waals surface area contributed by atoms with Crippen molar-refractivity contribution in [2.24, 2.45) is 0 Å². The maximum atomic E-state index is 12.3. The van der Waals surface area contributed by atoms with E-state index in [4.69, 9.17) is 5.73 Å². The number of alkyl halides is 3. The van der Waals surface area contributed by atoms with E-state index in [0.29, 0.717) is 0 Å². The van der Waals surface area contributed by atoms with E-state index in [0.717, 1.165) is 6.20 Å². The summed E-state index contributed by atoms with van der Waals surface area (Å²) in [6.45, 7) is 0. The molecule has 0 aliphatic carbocycles. The average Bonchev–Trinajstić information content (AvgIpc) is 2.09.